The topological polar surface area (TPSA) is 79.8 Å². The molecule has 0 bridgehead atoms. The van der Waals surface area contributed by atoms with Gasteiger partial charge in [-0.3, -0.25) is 4.79 Å². The molecule has 0 N–H and O–H groups in total. The highest BCUT2D eigenvalue weighted by Crippen LogP contribution is 2.43. The molecule has 1 aliphatic rings. The van der Waals surface area contributed by atoms with Crippen molar-refractivity contribution in [2.75, 3.05) is 0 Å². The molecule has 0 radical (unpaired) electrons. The van der Waals surface area contributed by atoms with Crippen LogP contribution in [0.15, 0.2) is 60.7 Å². The maximum absolute atomic E-state index is 12.9. The second kappa shape index (κ2) is 11.2. The van der Waals surface area contributed by atoms with Crippen LogP contribution >= 0.6 is 0 Å². The van der Waals surface area contributed by atoms with Gasteiger partial charge in [0.1, 0.15) is 6.10 Å². The lowest BCUT2D eigenvalue weighted by Gasteiger charge is -2.43. The molecule has 1 aliphatic carbocycles. The molecule has 0 heterocycles. The summed E-state index contributed by atoms with van der Waals surface area (Å²) in [5.74, 6) is -0.786. The second-order valence-corrected chi connectivity index (χ2v) is 9.77. The zero-order valence-corrected chi connectivity index (χ0v) is 19.9. The average molecular weight is 447 g/mol. The van der Waals surface area contributed by atoms with Crippen molar-refractivity contribution in [1.29, 1.82) is 0 Å². The van der Waals surface area contributed by atoms with Crippen LogP contribution in [0.2, 0.25) is 0 Å². The Bertz CT molecular complexity index is 994. The molecule has 0 unspecified atom stereocenters. The fourth-order valence-corrected chi connectivity index (χ4v) is 4.99. The lowest BCUT2D eigenvalue weighted by Crippen LogP contribution is -2.45. The van der Waals surface area contributed by atoms with E-state index in [2.05, 4.69) is 37.7 Å². The summed E-state index contributed by atoms with van der Waals surface area (Å²) in [6.45, 7) is 6.52. The number of esters is 1. The minimum absolute atomic E-state index is 0.105. The van der Waals surface area contributed by atoms with Gasteiger partial charge in [-0.05, 0) is 48.1 Å². The van der Waals surface area contributed by atoms with E-state index in [1.54, 1.807) is 0 Å². The van der Waals surface area contributed by atoms with E-state index in [0.29, 0.717) is 18.8 Å². The van der Waals surface area contributed by atoms with Crippen LogP contribution in [0.4, 0.5) is 0 Å². The predicted octanol–water partition coefficient (Wildman–Crippen LogP) is 5.58. The summed E-state index contributed by atoms with van der Waals surface area (Å²) in [4.78, 5) is 28.6. The lowest BCUT2D eigenvalue weighted by molar-refractivity contribution is -0.153. The minimum Gasteiger partial charge on any atom is -0.453 e. The molecule has 1 fully saturated rings. The van der Waals surface area contributed by atoms with E-state index < -0.39 is 17.5 Å². The van der Waals surface area contributed by atoms with E-state index in [-0.39, 0.29) is 23.9 Å². The number of carbonyl (C=O) groups excluding carboxylic acids is 2. The molecule has 5 heteroatoms. The molecule has 2 aromatic carbocycles. The number of nitrogens with zero attached hydrogens (tertiary/aromatic N) is 2. The Balaban J connectivity index is 1.67. The third kappa shape index (κ3) is 6.27. The van der Waals surface area contributed by atoms with Crippen molar-refractivity contribution in [2.45, 2.75) is 70.8 Å². The van der Waals surface area contributed by atoms with Gasteiger partial charge in [0.25, 0.3) is 5.78 Å². The summed E-state index contributed by atoms with van der Waals surface area (Å²) in [7, 11) is 0. The molecule has 0 aliphatic heterocycles. The zero-order valence-electron chi connectivity index (χ0n) is 19.9. The van der Waals surface area contributed by atoms with Crippen LogP contribution in [0.25, 0.3) is 5.53 Å². The van der Waals surface area contributed by atoms with Gasteiger partial charge < -0.3 is 10.3 Å². The first kappa shape index (κ1) is 24.6. The summed E-state index contributed by atoms with van der Waals surface area (Å²) in [5.41, 5.74) is 11.0. The third-order valence-electron chi connectivity index (χ3n) is 7.03. The normalized spacial score (nSPS) is 20.5. The van der Waals surface area contributed by atoms with Crippen molar-refractivity contribution in [3.63, 3.8) is 0 Å². The molecular weight excluding hydrogens is 412 g/mol. The van der Waals surface area contributed by atoms with E-state index in [1.165, 1.54) is 5.56 Å². The zero-order chi connectivity index (χ0) is 23.8. The molecule has 2 aromatic rings. The van der Waals surface area contributed by atoms with Gasteiger partial charge in [0.2, 0.25) is 0 Å². The van der Waals surface area contributed by atoms with Gasteiger partial charge in [-0.15, -0.1) is 0 Å². The van der Waals surface area contributed by atoms with Crippen molar-refractivity contribution in [3.8, 4) is 0 Å². The summed E-state index contributed by atoms with van der Waals surface area (Å²) in [5, 5.41) is 0. The monoisotopic (exact) mass is 446 g/mol. The van der Waals surface area contributed by atoms with E-state index in [9.17, 15) is 15.1 Å². The van der Waals surface area contributed by atoms with E-state index in [1.807, 2.05) is 48.5 Å². The fourth-order valence-electron chi connectivity index (χ4n) is 4.99. The largest absolute Gasteiger partial charge is 0.453 e. The maximum Gasteiger partial charge on any atom is 0.441 e. The van der Waals surface area contributed by atoms with Crippen LogP contribution in [0.5, 0.6) is 0 Å². The van der Waals surface area contributed by atoms with Gasteiger partial charge in [0.05, 0.1) is 0 Å². The number of ether oxygens (including phenoxy) is 1. The van der Waals surface area contributed by atoms with Crippen molar-refractivity contribution < 1.29 is 19.1 Å². The highest BCUT2D eigenvalue weighted by atomic mass is 16.5. The van der Waals surface area contributed by atoms with Crippen molar-refractivity contribution in [2.24, 2.45) is 11.8 Å². The number of Topliss-reactive ketones (excluding diaryl/α,β-unsaturated/α-hetero) is 1. The van der Waals surface area contributed by atoms with Gasteiger partial charge >= 0.3 is 11.7 Å². The second-order valence-electron chi connectivity index (χ2n) is 9.77. The standard InChI is InChI=1S/C28H34N2O3/c1-20-17-18-23(28(2,3)22-14-8-5-9-15-22)25(19-20)33-27(32)26(30-29)24(31)16-10-13-21-11-6-4-7-12-21/h4-9,11-12,14-15,20,23,25H,10,13,16-19H2,1-3H3/t20-,23-,25+/m1/s1. The van der Waals surface area contributed by atoms with Crippen LogP contribution in [-0.4, -0.2) is 28.4 Å². The molecule has 0 aromatic heterocycles. The highest BCUT2D eigenvalue weighted by Gasteiger charge is 2.43. The Kier molecular flexibility index (Phi) is 8.35. The van der Waals surface area contributed by atoms with Gasteiger partial charge in [-0.2, -0.15) is 4.79 Å². The Hall–Kier alpha value is -3.04. The lowest BCUT2D eigenvalue weighted by atomic mass is 9.64. The summed E-state index contributed by atoms with van der Waals surface area (Å²) < 4.78 is 5.87. The van der Waals surface area contributed by atoms with Crippen LogP contribution in [-0.2, 0) is 26.2 Å². The summed E-state index contributed by atoms with van der Waals surface area (Å²) in [6.07, 6.45) is 3.79. The average Bonchev–Trinajstić information content (AvgIpc) is 2.81. The molecule has 0 spiro atoms. The van der Waals surface area contributed by atoms with Crippen molar-refractivity contribution in [1.82, 2.24) is 0 Å². The molecule has 174 valence electrons. The van der Waals surface area contributed by atoms with Crippen LogP contribution in [0.3, 0.4) is 0 Å². The van der Waals surface area contributed by atoms with Gasteiger partial charge in [0.15, 0.2) is 0 Å². The molecule has 0 amide bonds. The third-order valence-corrected chi connectivity index (χ3v) is 7.03. The van der Waals surface area contributed by atoms with E-state index in [0.717, 1.165) is 24.8 Å². The van der Waals surface area contributed by atoms with Gasteiger partial charge in [0, 0.05) is 12.3 Å². The number of hydrogen-bond acceptors (Lipinski definition) is 3. The number of carbonyl (C=O) groups is 2. The molecule has 5 nitrogen and oxygen atoms in total. The molecule has 3 atom stereocenters. The Labute approximate surface area is 196 Å². The van der Waals surface area contributed by atoms with Crippen LogP contribution < -0.4 is 0 Å². The smallest absolute Gasteiger partial charge is 0.441 e. The molecule has 3 rings (SSSR count). The Morgan fingerprint density at radius 2 is 1.67 bits per heavy atom. The minimum atomic E-state index is -0.824. The first-order valence-corrected chi connectivity index (χ1v) is 11.9. The fraction of sp³-hybridized carbons (Fsp3) is 0.464. The van der Waals surface area contributed by atoms with Crippen molar-refractivity contribution >= 4 is 17.5 Å². The van der Waals surface area contributed by atoms with E-state index >= 15 is 0 Å². The summed E-state index contributed by atoms with van der Waals surface area (Å²) >= 11 is 0. The molecule has 1 saturated carbocycles. The maximum atomic E-state index is 12.9. The number of benzene rings is 2. The number of hydrogen-bond donors (Lipinski definition) is 0. The Morgan fingerprint density at radius 3 is 2.30 bits per heavy atom. The van der Waals surface area contributed by atoms with Crippen LogP contribution in [0, 0.1) is 11.8 Å². The van der Waals surface area contributed by atoms with Crippen molar-refractivity contribution in [3.05, 3.63) is 77.3 Å². The first-order valence-electron chi connectivity index (χ1n) is 11.9. The van der Waals surface area contributed by atoms with Gasteiger partial charge in [-0.1, -0.05) is 87.9 Å². The number of aryl methyl sites for hydroxylation is 1. The van der Waals surface area contributed by atoms with E-state index in [4.69, 9.17) is 4.74 Å². The molecular formula is C28H34N2O3. The number of ketones is 1. The molecule has 0 saturated heterocycles. The van der Waals surface area contributed by atoms with Gasteiger partial charge in [-0.25, -0.2) is 4.79 Å². The highest BCUT2D eigenvalue weighted by molar-refractivity contribution is 6.62. The molecule has 33 heavy (non-hydrogen) atoms. The quantitative estimate of drug-likeness (QED) is 0.166. The first-order chi connectivity index (χ1) is 15.8. The Morgan fingerprint density at radius 1 is 1.03 bits per heavy atom. The number of rotatable bonds is 9. The summed E-state index contributed by atoms with van der Waals surface area (Å²) in [6, 6.07) is 20.1. The SMILES string of the molecule is C[C@@H]1CC[C@@H](C(C)(C)c2ccccc2)[C@@H](OC(=O)C(=[N+]=[N-])C(=O)CCCc2ccccc2)C1. The predicted molar refractivity (Wildman–Crippen MR) is 129 cm³/mol. The van der Waals surface area contributed by atoms with Crippen LogP contribution in [0.1, 0.15) is 64.0 Å².